The zero-order chi connectivity index (χ0) is 16.1. The highest BCUT2D eigenvalue weighted by Gasteiger charge is 2.28. The van der Waals surface area contributed by atoms with Crippen LogP contribution in [0.2, 0.25) is 0 Å². The van der Waals surface area contributed by atoms with Crippen LogP contribution in [-0.4, -0.2) is 34.7 Å². The van der Waals surface area contributed by atoms with E-state index in [1.165, 1.54) is 5.56 Å². The Labute approximate surface area is 137 Å². The Hall–Kier alpha value is -1.72. The fourth-order valence-corrected chi connectivity index (χ4v) is 2.92. The molecule has 2 atom stereocenters. The van der Waals surface area contributed by atoms with Crippen molar-refractivity contribution in [3.63, 3.8) is 0 Å². The van der Waals surface area contributed by atoms with Crippen LogP contribution in [0.4, 0.5) is 0 Å². The van der Waals surface area contributed by atoms with E-state index in [-0.39, 0.29) is 12.1 Å². The number of nitrogens with zero attached hydrogens (tertiary/aromatic N) is 3. The lowest BCUT2D eigenvalue weighted by Gasteiger charge is -2.35. The van der Waals surface area contributed by atoms with E-state index in [1.807, 2.05) is 6.07 Å². The summed E-state index contributed by atoms with van der Waals surface area (Å²) in [7, 11) is 0. The summed E-state index contributed by atoms with van der Waals surface area (Å²) in [6.07, 6.45) is 3.24. The van der Waals surface area contributed by atoms with E-state index in [2.05, 4.69) is 53.2 Å². The van der Waals surface area contributed by atoms with Gasteiger partial charge in [0.1, 0.15) is 0 Å². The lowest BCUT2D eigenvalue weighted by Crippen LogP contribution is -2.40. The number of aryl methyl sites for hydroxylation is 1. The van der Waals surface area contributed by atoms with Gasteiger partial charge >= 0.3 is 0 Å². The largest absolute Gasteiger partial charge is 0.371 e. The van der Waals surface area contributed by atoms with Crippen LogP contribution in [0, 0.1) is 0 Å². The van der Waals surface area contributed by atoms with Gasteiger partial charge in [-0.05, 0) is 18.9 Å². The molecule has 2 heterocycles. The number of hydrogen-bond acceptors (Lipinski definition) is 5. The van der Waals surface area contributed by atoms with Gasteiger partial charge in [0.15, 0.2) is 5.82 Å². The van der Waals surface area contributed by atoms with Crippen LogP contribution in [0.5, 0.6) is 0 Å². The van der Waals surface area contributed by atoms with Crippen LogP contribution in [0.25, 0.3) is 0 Å². The molecule has 1 saturated heterocycles. The average molecular weight is 315 g/mol. The molecule has 0 amide bonds. The summed E-state index contributed by atoms with van der Waals surface area (Å²) in [6, 6.07) is 10.5. The number of aromatic nitrogens is 2. The number of unbranched alkanes of at least 4 members (excludes halogenated alkanes) is 1. The molecule has 1 aliphatic heterocycles. The molecule has 0 bridgehead atoms. The first-order valence-electron chi connectivity index (χ1n) is 8.51. The van der Waals surface area contributed by atoms with Gasteiger partial charge in [-0.25, -0.2) is 0 Å². The monoisotopic (exact) mass is 315 g/mol. The summed E-state index contributed by atoms with van der Waals surface area (Å²) in [5.41, 5.74) is 1.22. The van der Waals surface area contributed by atoms with Crippen molar-refractivity contribution in [2.45, 2.75) is 45.3 Å². The summed E-state index contributed by atoms with van der Waals surface area (Å²) in [5.74, 6) is 1.53. The molecular formula is C18H25N3O2. The third-order valence-corrected chi connectivity index (χ3v) is 4.41. The summed E-state index contributed by atoms with van der Waals surface area (Å²) in [4.78, 5) is 6.92. The van der Waals surface area contributed by atoms with Crippen molar-refractivity contribution >= 4 is 0 Å². The molecule has 5 nitrogen and oxygen atoms in total. The Morgan fingerprint density at radius 1 is 1.30 bits per heavy atom. The van der Waals surface area contributed by atoms with E-state index >= 15 is 0 Å². The van der Waals surface area contributed by atoms with Gasteiger partial charge in [-0.2, -0.15) is 4.98 Å². The van der Waals surface area contributed by atoms with Gasteiger partial charge in [0.25, 0.3) is 0 Å². The zero-order valence-corrected chi connectivity index (χ0v) is 13.9. The molecule has 23 heavy (non-hydrogen) atoms. The van der Waals surface area contributed by atoms with Crippen LogP contribution in [-0.2, 0) is 11.2 Å². The Bertz CT molecular complexity index is 599. The minimum absolute atomic E-state index is 0.106. The summed E-state index contributed by atoms with van der Waals surface area (Å²) >= 11 is 0. The van der Waals surface area contributed by atoms with Crippen LogP contribution in [0.15, 0.2) is 34.9 Å². The predicted octanol–water partition coefficient (Wildman–Crippen LogP) is 3.55. The molecule has 2 aromatic rings. The highest BCUT2D eigenvalue weighted by Crippen LogP contribution is 2.27. The second-order valence-corrected chi connectivity index (χ2v) is 6.09. The molecule has 1 aliphatic rings. The fourth-order valence-electron chi connectivity index (χ4n) is 2.92. The third kappa shape index (κ3) is 3.98. The summed E-state index contributed by atoms with van der Waals surface area (Å²) in [6.45, 7) is 6.75. The molecule has 3 rings (SSSR count). The van der Waals surface area contributed by atoms with Gasteiger partial charge in [-0.1, -0.05) is 48.8 Å². The van der Waals surface area contributed by atoms with Crippen molar-refractivity contribution in [3.8, 4) is 0 Å². The van der Waals surface area contributed by atoms with Crippen LogP contribution in [0.3, 0.4) is 0 Å². The van der Waals surface area contributed by atoms with Crippen molar-refractivity contribution in [1.82, 2.24) is 15.0 Å². The molecule has 0 spiro atoms. The Morgan fingerprint density at radius 2 is 2.13 bits per heavy atom. The van der Waals surface area contributed by atoms with Gasteiger partial charge in [0.05, 0.1) is 18.8 Å². The van der Waals surface area contributed by atoms with Crippen LogP contribution in [0.1, 0.15) is 56.1 Å². The summed E-state index contributed by atoms with van der Waals surface area (Å²) in [5, 5.41) is 4.10. The van der Waals surface area contributed by atoms with Crippen molar-refractivity contribution in [2.75, 3.05) is 19.7 Å². The lowest BCUT2D eigenvalue weighted by atomic mass is 10.1. The van der Waals surface area contributed by atoms with E-state index in [0.717, 1.165) is 44.8 Å². The predicted molar refractivity (Wildman–Crippen MR) is 88.0 cm³/mol. The maximum atomic E-state index is 5.93. The number of hydrogen-bond donors (Lipinski definition) is 0. The Balaban J connectivity index is 1.65. The van der Waals surface area contributed by atoms with E-state index in [4.69, 9.17) is 9.26 Å². The van der Waals surface area contributed by atoms with Gasteiger partial charge in [0.2, 0.25) is 5.89 Å². The van der Waals surface area contributed by atoms with Gasteiger partial charge in [-0.3, -0.25) is 4.90 Å². The van der Waals surface area contributed by atoms with Crippen molar-refractivity contribution in [1.29, 1.82) is 0 Å². The van der Waals surface area contributed by atoms with Gasteiger partial charge < -0.3 is 9.26 Å². The van der Waals surface area contributed by atoms with Crippen molar-refractivity contribution in [3.05, 3.63) is 47.6 Å². The highest BCUT2D eigenvalue weighted by molar-refractivity contribution is 5.18. The topological polar surface area (TPSA) is 51.4 Å². The van der Waals surface area contributed by atoms with Crippen LogP contribution < -0.4 is 0 Å². The van der Waals surface area contributed by atoms with Gasteiger partial charge in [0, 0.05) is 19.5 Å². The standard InChI is InChI=1S/C18H25N3O2/c1-3-4-10-17-19-18(23-20-17)14(2)21-11-12-22-16(13-21)15-8-6-5-7-9-15/h5-9,14,16H,3-4,10-13H2,1-2H3. The molecule has 1 fully saturated rings. The Kier molecular flexibility index (Phi) is 5.41. The second kappa shape index (κ2) is 7.70. The molecule has 0 saturated carbocycles. The van der Waals surface area contributed by atoms with Crippen LogP contribution >= 0.6 is 0 Å². The lowest BCUT2D eigenvalue weighted by molar-refractivity contribution is -0.0469. The Morgan fingerprint density at radius 3 is 2.91 bits per heavy atom. The number of morpholine rings is 1. The summed E-state index contributed by atoms with van der Waals surface area (Å²) < 4.78 is 11.4. The molecule has 0 aliphatic carbocycles. The van der Waals surface area contributed by atoms with E-state index in [9.17, 15) is 0 Å². The second-order valence-electron chi connectivity index (χ2n) is 6.09. The van der Waals surface area contributed by atoms with E-state index in [1.54, 1.807) is 0 Å². The minimum Gasteiger partial charge on any atom is -0.371 e. The quantitative estimate of drug-likeness (QED) is 0.816. The first kappa shape index (κ1) is 16.1. The third-order valence-electron chi connectivity index (χ3n) is 4.41. The molecule has 0 N–H and O–H groups in total. The van der Waals surface area contributed by atoms with Crippen molar-refractivity contribution < 1.29 is 9.26 Å². The van der Waals surface area contributed by atoms with E-state index < -0.39 is 0 Å². The molecule has 2 unspecified atom stereocenters. The molecule has 5 heteroatoms. The first-order chi connectivity index (χ1) is 11.3. The maximum absolute atomic E-state index is 5.93. The molecule has 1 aromatic carbocycles. The first-order valence-corrected chi connectivity index (χ1v) is 8.51. The number of benzene rings is 1. The normalized spacial score (nSPS) is 20.5. The zero-order valence-electron chi connectivity index (χ0n) is 13.9. The minimum atomic E-state index is 0.106. The molecule has 124 valence electrons. The fraction of sp³-hybridized carbons (Fsp3) is 0.556. The highest BCUT2D eigenvalue weighted by atomic mass is 16.5. The average Bonchev–Trinajstić information content (AvgIpc) is 3.09. The maximum Gasteiger partial charge on any atom is 0.243 e. The molecule has 1 aromatic heterocycles. The van der Waals surface area contributed by atoms with Gasteiger partial charge in [-0.15, -0.1) is 0 Å². The van der Waals surface area contributed by atoms with Crippen molar-refractivity contribution in [2.24, 2.45) is 0 Å². The number of rotatable bonds is 6. The number of ether oxygens (including phenoxy) is 1. The molecular weight excluding hydrogens is 290 g/mol. The van der Waals surface area contributed by atoms with E-state index in [0.29, 0.717) is 5.89 Å². The SMILES string of the molecule is CCCCc1noc(C(C)N2CCOC(c3ccccc3)C2)n1. The molecule has 0 radical (unpaired) electrons. The smallest absolute Gasteiger partial charge is 0.243 e.